The summed E-state index contributed by atoms with van der Waals surface area (Å²) in [5.41, 5.74) is 0. The van der Waals surface area contributed by atoms with Crippen molar-refractivity contribution in [2.24, 2.45) is 11.8 Å². The van der Waals surface area contributed by atoms with Gasteiger partial charge in [0.2, 0.25) is 0 Å². The average Bonchev–Trinajstić information content (AvgIpc) is 3.42. The van der Waals surface area contributed by atoms with Gasteiger partial charge in [-0.3, -0.25) is 4.79 Å². The quantitative estimate of drug-likeness (QED) is 0.0668. The Labute approximate surface area is 300 Å². The molecule has 8 heteroatoms. The van der Waals surface area contributed by atoms with Gasteiger partial charge in [0.15, 0.2) is 6.29 Å². The van der Waals surface area contributed by atoms with Gasteiger partial charge >= 0.3 is 5.97 Å². The van der Waals surface area contributed by atoms with Gasteiger partial charge in [0, 0.05) is 25.4 Å². The molecule has 0 radical (unpaired) electrons. The van der Waals surface area contributed by atoms with Crippen molar-refractivity contribution in [3.63, 3.8) is 0 Å². The van der Waals surface area contributed by atoms with Crippen LogP contribution in [0.2, 0.25) is 5.04 Å². The number of hydrogen-bond donors (Lipinski definition) is 0. The molecule has 2 aromatic rings. The molecule has 1 heterocycles. The van der Waals surface area contributed by atoms with Gasteiger partial charge in [0.1, 0.15) is 0 Å². The molecule has 1 saturated carbocycles. The highest BCUT2D eigenvalue weighted by Gasteiger charge is 2.55. The first-order valence-corrected chi connectivity index (χ1v) is 20.8. The molecule has 0 amide bonds. The van der Waals surface area contributed by atoms with Crippen LogP contribution in [-0.4, -0.2) is 52.4 Å². The summed E-state index contributed by atoms with van der Waals surface area (Å²) in [6.45, 7) is 9.47. The molecule has 1 saturated heterocycles. The van der Waals surface area contributed by atoms with Gasteiger partial charge in [-0.1, -0.05) is 119 Å². The van der Waals surface area contributed by atoms with Gasteiger partial charge in [-0.15, -0.1) is 0 Å². The lowest BCUT2D eigenvalue weighted by molar-refractivity contribution is -0.193. The van der Waals surface area contributed by atoms with Crippen molar-refractivity contribution in [3.8, 4) is 0 Å². The van der Waals surface area contributed by atoms with E-state index in [1.807, 2.05) is 19.1 Å². The molecule has 1 aliphatic heterocycles. The fourth-order valence-corrected chi connectivity index (χ4v) is 12.4. The lowest BCUT2D eigenvalue weighted by atomic mass is 9.89. The molecule has 1 unspecified atom stereocenters. The van der Waals surface area contributed by atoms with E-state index in [-0.39, 0.29) is 47.8 Å². The van der Waals surface area contributed by atoms with Gasteiger partial charge in [-0.25, -0.2) is 8.78 Å². The molecular formula is C42H60F2O5Si. The maximum atomic E-state index is 15.3. The summed E-state index contributed by atoms with van der Waals surface area (Å²) in [5, 5.41) is 2.13. The van der Waals surface area contributed by atoms with Crippen molar-refractivity contribution in [3.05, 3.63) is 85.0 Å². The van der Waals surface area contributed by atoms with E-state index in [0.717, 1.165) is 44.6 Å². The molecule has 1 aliphatic carbocycles. The lowest BCUT2D eigenvalue weighted by Gasteiger charge is -2.45. The Kier molecular flexibility index (Phi) is 15.5. The van der Waals surface area contributed by atoms with Crippen molar-refractivity contribution < 1.29 is 32.2 Å². The van der Waals surface area contributed by atoms with Gasteiger partial charge in [-0.2, -0.15) is 0 Å². The topological polar surface area (TPSA) is 54.0 Å². The number of rotatable bonds is 18. The minimum atomic E-state index is -2.96. The van der Waals surface area contributed by atoms with E-state index in [2.05, 4.69) is 81.5 Å². The van der Waals surface area contributed by atoms with Crippen molar-refractivity contribution in [2.75, 3.05) is 13.7 Å². The van der Waals surface area contributed by atoms with Crippen LogP contribution in [0.15, 0.2) is 85.0 Å². The summed E-state index contributed by atoms with van der Waals surface area (Å²) in [6.07, 6.45) is 14.0. The molecule has 50 heavy (non-hydrogen) atoms. The Bertz CT molecular complexity index is 1300. The average molecular weight is 711 g/mol. The van der Waals surface area contributed by atoms with Crippen LogP contribution in [0, 0.1) is 11.8 Å². The monoisotopic (exact) mass is 710 g/mol. The third kappa shape index (κ3) is 10.9. The largest absolute Gasteiger partial charge is 0.469 e. The van der Waals surface area contributed by atoms with E-state index in [1.165, 1.54) is 17.5 Å². The maximum absolute atomic E-state index is 15.3. The number of ether oxygens (including phenoxy) is 3. The van der Waals surface area contributed by atoms with Crippen LogP contribution in [0.4, 0.5) is 8.78 Å². The van der Waals surface area contributed by atoms with Crippen molar-refractivity contribution >= 4 is 24.7 Å². The Morgan fingerprint density at radius 3 is 2.20 bits per heavy atom. The number of carbonyl (C=O) groups is 1. The molecule has 2 aliphatic rings. The molecule has 5 nitrogen and oxygen atoms in total. The minimum absolute atomic E-state index is 0.107. The molecule has 276 valence electrons. The number of halogens is 2. The Hall–Kier alpha value is -2.65. The molecule has 0 spiro atoms. The van der Waals surface area contributed by atoms with Crippen LogP contribution in [0.1, 0.15) is 105 Å². The zero-order chi connectivity index (χ0) is 36.0. The lowest BCUT2D eigenvalue weighted by Crippen LogP contribution is -2.68. The van der Waals surface area contributed by atoms with Crippen LogP contribution >= 0.6 is 0 Å². The summed E-state index contributed by atoms with van der Waals surface area (Å²) >= 11 is 0. The smallest absolute Gasteiger partial charge is 0.305 e. The fraction of sp³-hybridized carbons (Fsp3) is 0.595. The number of carbonyl (C=O) groups excluding carboxylic acids is 1. The summed E-state index contributed by atoms with van der Waals surface area (Å²) in [6, 6.07) is 21.1. The number of benzene rings is 2. The van der Waals surface area contributed by atoms with Crippen molar-refractivity contribution in [2.45, 2.75) is 134 Å². The Morgan fingerprint density at radius 2 is 1.62 bits per heavy atom. The van der Waals surface area contributed by atoms with Crippen LogP contribution in [0.25, 0.3) is 0 Å². The van der Waals surface area contributed by atoms with Gasteiger partial charge < -0.3 is 18.6 Å². The second-order valence-electron chi connectivity index (χ2n) is 15.0. The highest BCUT2D eigenvalue weighted by molar-refractivity contribution is 6.99. The van der Waals surface area contributed by atoms with Crippen molar-refractivity contribution in [1.29, 1.82) is 0 Å². The first kappa shape index (κ1) is 40.1. The highest BCUT2D eigenvalue weighted by atomic mass is 28.4. The number of alkyl halides is 2. The van der Waals surface area contributed by atoms with E-state index >= 15 is 8.78 Å². The summed E-state index contributed by atoms with van der Waals surface area (Å²) in [5.74, 6) is -3.51. The van der Waals surface area contributed by atoms with Crippen LogP contribution < -0.4 is 10.4 Å². The van der Waals surface area contributed by atoms with Crippen molar-refractivity contribution in [1.82, 2.24) is 0 Å². The molecule has 2 fully saturated rings. The first-order chi connectivity index (χ1) is 24.0. The van der Waals surface area contributed by atoms with E-state index < -0.39 is 14.2 Å². The summed E-state index contributed by atoms with van der Waals surface area (Å²) in [7, 11) is -1.56. The molecule has 5 atom stereocenters. The Morgan fingerprint density at radius 1 is 0.940 bits per heavy atom. The van der Waals surface area contributed by atoms with E-state index in [0.29, 0.717) is 38.7 Å². The first-order valence-electron chi connectivity index (χ1n) is 18.9. The molecule has 2 aromatic carbocycles. The number of unbranched alkanes of at least 4 members (excludes halogenated alkanes) is 3. The van der Waals surface area contributed by atoms with E-state index in [9.17, 15) is 4.79 Å². The van der Waals surface area contributed by atoms with Crippen LogP contribution in [-0.2, 0) is 23.4 Å². The van der Waals surface area contributed by atoms with Gasteiger partial charge in [0.05, 0.1) is 19.3 Å². The predicted molar refractivity (Wildman–Crippen MR) is 200 cm³/mol. The standard InChI is InChI=1S/C42H60F2O5Si/c1-6-7-19-29-42(43,44)30-28-36-35(25-16-8-9-17-26-39(45)46-5)38(32-37(36)48-40-27-18-20-31-47-40)49-50(41(2,3)4,33-21-12-10-13-22-33)34-23-14-11-15-24-34/h8,10-16,21-24,28,30,35-38,40H,6-7,9,17-20,25-27,29,31-32H2,1-5H3/b16-8-,30-28+/t35-,36-,37-,38+,40?/m1/s1. The predicted octanol–water partition coefficient (Wildman–Crippen LogP) is 9.54. The minimum Gasteiger partial charge on any atom is -0.469 e. The van der Waals surface area contributed by atoms with E-state index in [1.54, 1.807) is 6.08 Å². The second kappa shape index (κ2) is 19.3. The van der Waals surface area contributed by atoms with Crippen LogP contribution in [0.3, 0.4) is 0 Å². The molecule has 4 rings (SSSR count). The van der Waals surface area contributed by atoms with Gasteiger partial charge in [-0.05, 0) is 78.8 Å². The maximum Gasteiger partial charge on any atom is 0.305 e. The molecule has 0 aromatic heterocycles. The number of hydrogen-bond acceptors (Lipinski definition) is 5. The van der Waals surface area contributed by atoms with E-state index in [4.69, 9.17) is 18.6 Å². The molecule has 0 bridgehead atoms. The zero-order valence-electron chi connectivity index (χ0n) is 31.0. The number of allylic oxidation sites excluding steroid dienone is 3. The third-order valence-corrected chi connectivity index (χ3v) is 15.4. The Balaban J connectivity index is 1.75. The summed E-state index contributed by atoms with van der Waals surface area (Å²) < 4.78 is 56.0. The summed E-state index contributed by atoms with van der Waals surface area (Å²) in [4.78, 5) is 11.7. The molecular weight excluding hydrogens is 651 g/mol. The molecule has 0 N–H and O–H groups in total. The highest BCUT2D eigenvalue weighted by Crippen LogP contribution is 2.46. The third-order valence-electron chi connectivity index (χ3n) is 10.3. The van der Waals surface area contributed by atoms with Crippen LogP contribution in [0.5, 0.6) is 0 Å². The SMILES string of the molecule is CCCCCC(F)(F)/C=C/[C@@H]1[C@@H](C/C=C\CCCC(=O)OC)[C@@H](O[Si](c2ccccc2)(c2ccccc2)C(C)(C)C)C[C@H]1OC1CCCCO1. The number of methoxy groups -OCH3 is 1. The van der Waals surface area contributed by atoms with Gasteiger partial charge in [0.25, 0.3) is 14.2 Å². The second-order valence-corrected chi connectivity index (χ2v) is 19.3. The normalized spacial score (nSPS) is 23.5. The fourth-order valence-electron chi connectivity index (χ4n) is 7.66. The zero-order valence-corrected chi connectivity index (χ0v) is 32.0. The number of esters is 1.